The number of aliphatic hydroxyl groups excluding tert-OH is 1. The molecule has 0 spiro atoms. The molecular weight excluding hydrogens is 534 g/mol. The average molecular weight is 569 g/mol. The second kappa shape index (κ2) is 12.3. The maximum atomic E-state index is 13.4. The van der Waals surface area contributed by atoms with Gasteiger partial charge in [0, 0.05) is 44.5 Å². The van der Waals surface area contributed by atoms with E-state index in [0.29, 0.717) is 18.1 Å². The monoisotopic (exact) mass is 569 g/mol. The van der Waals surface area contributed by atoms with E-state index in [1.165, 1.54) is 6.07 Å². The molecule has 1 aromatic rings. The molecule has 0 bridgehead atoms. The summed E-state index contributed by atoms with van der Waals surface area (Å²) in [6, 6.07) is 4.19. The van der Waals surface area contributed by atoms with Gasteiger partial charge in [-0.05, 0) is 63.4 Å². The summed E-state index contributed by atoms with van der Waals surface area (Å²) >= 11 is 0. The summed E-state index contributed by atoms with van der Waals surface area (Å²) in [4.78, 5) is 8.98. The van der Waals surface area contributed by atoms with Crippen molar-refractivity contribution in [2.24, 2.45) is 4.99 Å². The average Bonchev–Trinajstić information content (AvgIpc) is 2.73. The van der Waals surface area contributed by atoms with Gasteiger partial charge in [0.05, 0.1) is 18.2 Å². The van der Waals surface area contributed by atoms with Crippen LogP contribution in [0.2, 0.25) is 0 Å². The molecule has 1 aliphatic heterocycles. The Labute approximate surface area is 205 Å². The Morgan fingerprint density at radius 1 is 1.12 bits per heavy atom. The van der Waals surface area contributed by atoms with Gasteiger partial charge in [0.2, 0.25) is 0 Å². The Balaban J connectivity index is 0.00000363. The molecule has 182 valence electrons. The zero-order valence-electron chi connectivity index (χ0n) is 18.8. The molecule has 2 fully saturated rings. The molecule has 1 aromatic carbocycles. The van der Waals surface area contributed by atoms with Crippen LogP contribution in [-0.4, -0.2) is 67.9 Å². The normalized spacial score (nSPS) is 22.9. The van der Waals surface area contributed by atoms with Crippen LogP contribution >= 0.6 is 24.0 Å². The molecule has 0 radical (unpaired) electrons. The van der Waals surface area contributed by atoms with Gasteiger partial charge in [0.1, 0.15) is 0 Å². The highest BCUT2D eigenvalue weighted by molar-refractivity contribution is 14.0. The van der Waals surface area contributed by atoms with Crippen LogP contribution in [0.15, 0.2) is 23.2 Å². The Morgan fingerprint density at radius 3 is 2.38 bits per heavy atom. The topological polar surface area (TPSA) is 63.1 Å². The molecule has 0 amide bonds. The summed E-state index contributed by atoms with van der Waals surface area (Å²) in [5.74, 6) is 0.602. The van der Waals surface area contributed by atoms with Crippen molar-refractivity contribution in [3.8, 4) is 0 Å². The van der Waals surface area contributed by atoms with E-state index >= 15 is 0 Å². The van der Waals surface area contributed by atoms with Crippen molar-refractivity contribution < 1.29 is 18.3 Å². The number of benzene rings is 1. The summed E-state index contributed by atoms with van der Waals surface area (Å²) in [5.41, 5.74) is 0.756. The van der Waals surface area contributed by atoms with E-state index in [1.807, 2.05) is 14.0 Å². The minimum Gasteiger partial charge on any atom is -0.393 e. The van der Waals surface area contributed by atoms with Gasteiger partial charge in [-0.15, -0.1) is 24.0 Å². The first kappa shape index (κ1) is 27.0. The molecule has 0 unspecified atom stereocenters. The van der Waals surface area contributed by atoms with Crippen LogP contribution in [-0.2, 0) is 12.7 Å². The van der Waals surface area contributed by atoms with E-state index in [-0.39, 0.29) is 42.7 Å². The number of anilines is 1. The Bertz CT molecular complexity index is 746. The molecule has 1 saturated heterocycles. The number of aliphatic hydroxyl groups is 1. The molecule has 2 aliphatic rings. The molecule has 1 aliphatic carbocycles. The van der Waals surface area contributed by atoms with E-state index < -0.39 is 11.7 Å². The van der Waals surface area contributed by atoms with Gasteiger partial charge in [-0.2, -0.15) is 13.2 Å². The Kier molecular flexibility index (Phi) is 10.3. The second-order valence-corrected chi connectivity index (χ2v) is 8.48. The zero-order valence-corrected chi connectivity index (χ0v) is 21.1. The summed E-state index contributed by atoms with van der Waals surface area (Å²) < 4.78 is 40.1. The van der Waals surface area contributed by atoms with Gasteiger partial charge >= 0.3 is 6.18 Å². The molecule has 1 heterocycles. The van der Waals surface area contributed by atoms with Crippen LogP contribution in [0.25, 0.3) is 0 Å². The lowest BCUT2D eigenvalue weighted by atomic mass is 9.93. The van der Waals surface area contributed by atoms with Crippen LogP contribution in [0.1, 0.15) is 43.7 Å². The quantitative estimate of drug-likeness (QED) is 0.288. The number of nitrogens with one attached hydrogen (secondary N) is 2. The number of halogens is 4. The van der Waals surface area contributed by atoms with E-state index in [2.05, 4.69) is 25.4 Å². The molecule has 3 N–H and O–H groups in total. The standard InChI is InChI=1S/C22H34F3N5O.HI/c1-3-26-21(28-18-5-7-19(31)8-6-18)27-15-16-14-17(22(23,24)25)4-9-20(16)30-12-10-29(2)11-13-30;/h4,9,14,18-19,31H,3,5-8,10-13,15H2,1-2H3,(H2,26,27,28);1H. The number of nitrogens with zero attached hydrogens (tertiary/aromatic N) is 3. The first-order valence-corrected chi connectivity index (χ1v) is 11.1. The maximum Gasteiger partial charge on any atom is 0.416 e. The summed E-state index contributed by atoms with van der Waals surface area (Å²) in [5, 5.41) is 16.3. The maximum absolute atomic E-state index is 13.4. The smallest absolute Gasteiger partial charge is 0.393 e. The van der Waals surface area contributed by atoms with Crippen molar-refractivity contribution in [3.05, 3.63) is 29.3 Å². The molecule has 3 rings (SSSR count). The number of hydrogen-bond donors (Lipinski definition) is 3. The number of likely N-dealkylation sites (N-methyl/N-ethyl adjacent to an activating group) is 1. The van der Waals surface area contributed by atoms with Gasteiger partial charge in [-0.1, -0.05) is 0 Å². The summed E-state index contributed by atoms with van der Waals surface area (Å²) in [7, 11) is 2.05. The predicted molar refractivity (Wildman–Crippen MR) is 133 cm³/mol. The highest BCUT2D eigenvalue weighted by Gasteiger charge is 2.31. The van der Waals surface area contributed by atoms with Gasteiger partial charge < -0.3 is 25.5 Å². The summed E-state index contributed by atoms with van der Waals surface area (Å²) in [6.45, 7) is 6.10. The van der Waals surface area contributed by atoms with E-state index in [9.17, 15) is 18.3 Å². The van der Waals surface area contributed by atoms with Gasteiger partial charge in [0.25, 0.3) is 0 Å². The lowest BCUT2D eigenvalue weighted by Crippen LogP contribution is -2.45. The fraction of sp³-hybridized carbons (Fsp3) is 0.682. The molecule has 0 atom stereocenters. The largest absolute Gasteiger partial charge is 0.416 e. The number of alkyl halides is 3. The first-order valence-electron chi connectivity index (χ1n) is 11.1. The highest BCUT2D eigenvalue weighted by Crippen LogP contribution is 2.33. The Morgan fingerprint density at radius 2 is 1.78 bits per heavy atom. The molecule has 10 heteroatoms. The number of aliphatic imine (C=N–C) groups is 1. The molecule has 6 nitrogen and oxygen atoms in total. The SMILES string of the molecule is CCNC(=NCc1cc(C(F)(F)F)ccc1N1CCN(C)CC1)NC1CCC(O)CC1.I. The minimum absolute atomic E-state index is 0. The third-order valence-electron chi connectivity index (χ3n) is 6.04. The van der Waals surface area contributed by atoms with Crippen molar-refractivity contribution in [2.45, 2.75) is 57.5 Å². The van der Waals surface area contributed by atoms with Crippen LogP contribution < -0.4 is 15.5 Å². The second-order valence-electron chi connectivity index (χ2n) is 8.48. The van der Waals surface area contributed by atoms with Crippen LogP contribution in [0.3, 0.4) is 0 Å². The fourth-order valence-electron chi connectivity index (χ4n) is 4.14. The van der Waals surface area contributed by atoms with Gasteiger partial charge in [0.15, 0.2) is 5.96 Å². The van der Waals surface area contributed by atoms with E-state index in [0.717, 1.165) is 63.6 Å². The number of guanidine groups is 1. The number of hydrogen-bond acceptors (Lipinski definition) is 4. The fourth-order valence-corrected chi connectivity index (χ4v) is 4.14. The third-order valence-corrected chi connectivity index (χ3v) is 6.04. The lowest BCUT2D eigenvalue weighted by Gasteiger charge is -2.35. The van der Waals surface area contributed by atoms with Crippen molar-refractivity contribution in [1.29, 1.82) is 0 Å². The molecule has 0 aromatic heterocycles. The number of rotatable bonds is 5. The lowest BCUT2D eigenvalue weighted by molar-refractivity contribution is -0.137. The first-order chi connectivity index (χ1) is 14.8. The van der Waals surface area contributed by atoms with Crippen LogP contribution in [0.4, 0.5) is 18.9 Å². The number of piperazine rings is 1. The molecule has 32 heavy (non-hydrogen) atoms. The van der Waals surface area contributed by atoms with Gasteiger partial charge in [-0.3, -0.25) is 0 Å². The third kappa shape index (κ3) is 7.65. The minimum atomic E-state index is -4.38. The molecule has 1 saturated carbocycles. The Hall–Kier alpha value is -1.27. The van der Waals surface area contributed by atoms with Crippen LogP contribution in [0, 0.1) is 0 Å². The van der Waals surface area contributed by atoms with Crippen LogP contribution in [0.5, 0.6) is 0 Å². The predicted octanol–water partition coefficient (Wildman–Crippen LogP) is 3.43. The van der Waals surface area contributed by atoms with Crippen molar-refractivity contribution >= 4 is 35.6 Å². The summed E-state index contributed by atoms with van der Waals surface area (Å²) in [6.07, 6.45) is -1.43. The molecular formula is C22H35F3IN5O. The van der Waals surface area contributed by atoms with Gasteiger partial charge in [-0.25, -0.2) is 4.99 Å². The highest BCUT2D eigenvalue weighted by atomic mass is 127. The van der Waals surface area contributed by atoms with Crippen molar-refractivity contribution in [2.75, 3.05) is 44.7 Å². The van der Waals surface area contributed by atoms with E-state index in [4.69, 9.17) is 0 Å². The van der Waals surface area contributed by atoms with Crippen molar-refractivity contribution in [3.63, 3.8) is 0 Å². The zero-order chi connectivity index (χ0) is 22.4. The van der Waals surface area contributed by atoms with Crippen molar-refractivity contribution in [1.82, 2.24) is 15.5 Å². The van der Waals surface area contributed by atoms with E-state index in [1.54, 1.807) is 6.07 Å².